The lowest BCUT2D eigenvalue weighted by molar-refractivity contribution is -0.161. The van der Waals surface area contributed by atoms with E-state index in [1.165, 1.54) is 44.6 Å². The van der Waals surface area contributed by atoms with Crippen LogP contribution in [0.2, 0.25) is 0 Å². The van der Waals surface area contributed by atoms with E-state index in [1.54, 1.807) is 19.9 Å². The van der Waals surface area contributed by atoms with Crippen LogP contribution in [-0.2, 0) is 29.5 Å². The molecule has 2 aromatic heterocycles. The quantitative estimate of drug-likeness (QED) is 0.388. The highest BCUT2D eigenvalue weighted by atomic mass is 79.9. The third kappa shape index (κ3) is 4.75. The smallest absolute Gasteiger partial charge is 0.309 e. The van der Waals surface area contributed by atoms with Crippen molar-refractivity contribution in [2.75, 3.05) is 12.3 Å². The Morgan fingerprint density at radius 2 is 1.81 bits per heavy atom. The van der Waals surface area contributed by atoms with Crippen LogP contribution in [0.1, 0.15) is 47.2 Å². The van der Waals surface area contributed by atoms with Crippen LogP contribution in [0.5, 0.6) is 0 Å². The summed E-state index contributed by atoms with van der Waals surface area (Å²) in [7, 11) is 0. The number of hydrogen-bond donors (Lipinski definition) is 3. The molecule has 3 heterocycles. The van der Waals surface area contributed by atoms with Crippen LogP contribution in [0.25, 0.3) is 5.52 Å². The van der Waals surface area contributed by atoms with Crippen molar-refractivity contribution in [3.63, 3.8) is 0 Å². The van der Waals surface area contributed by atoms with Gasteiger partial charge in [0.1, 0.15) is 24.5 Å². The molecule has 37 heavy (non-hydrogen) atoms. The summed E-state index contributed by atoms with van der Waals surface area (Å²) in [6.07, 6.45) is 0.0656. The molecule has 0 saturated carbocycles. The second-order valence-electron chi connectivity index (χ2n) is 10.5. The van der Waals surface area contributed by atoms with Gasteiger partial charge in [-0.3, -0.25) is 14.4 Å². The van der Waals surface area contributed by atoms with Gasteiger partial charge in [-0.1, -0.05) is 13.8 Å². The number of halogens is 1. The van der Waals surface area contributed by atoms with E-state index < -0.39 is 58.2 Å². The van der Waals surface area contributed by atoms with E-state index in [2.05, 4.69) is 16.2 Å². The minimum absolute atomic E-state index is 0. The average Bonchev–Trinajstić information content (AvgIpc) is 3.38. The average molecular weight is 582 g/mol. The minimum atomic E-state index is -1.98. The highest BCUT2D eigenvalue weighted by Gasteiger charge is 2.68. The van der Waals surface area contributed by atoms with Crippen molar-refractivity contribution in [2.24, 2.45) is 28.6 Å². The molecule has 4 N–H and O–H groups in total. The van der Waals surface area contributed by atoms with Crippen LogP contribution in [-0.4, -0.2) is 55.4 Å². The standard InChI is InChI=1S/C24H31N5O7.BrH/c1-12(2)19(30)35-9-14-16(22(3,4)20(31)32)17(23(5,6)21(33)34)24(10-25,36-14)15-8-7-13-18(26)27-11-28-29(13)15;/h7-8,11-12,14,16-17H,9H2,1-6H3,(H,31,32)(H,33,34)(H2,26,27,28);1H/t14-,16+,17+,24-;/m0./s1. The van der Waals surface area contributed by atoms with Gasteiger partial charge < -0.3 is 25.4 Å². The van der Waals surface area contributed by atoms with E-state index in [0.717, 1.165) is 0 Å². The van der Waals surface area contributed by atoms with E-state index >= 15 is 0 Å². The van der Waals surface area contributed by atoms with Crippen LogP contribution in [0.15, 0.2) is 18.5 Å². The zero-order chi connectivity index (χ0) is 27.2. The maximum absolute atomic E-state index is 12.6. The predicted octanol–water partition coefficient (Wildman–Crippen LogP) is 2.66. The monoisotopic (exact) mass is 581 g/mol. The summed E-state index contributed by atoms with van der Waals surface area (Å²) in [5.41, 5.74) is 1.27. The zero-order valence-electron chi connectivity index (χ0n) is 21.5. The third-order valence-corrected chi connectivity index (χ3v) is 7.14. The summed E-state index contributed by atoms with van der Waals surface area (Å²) in [5, 5.41) is 35.2. The number of nitriles is 1. The van der Waals surface area contributed by atoms with Crippen molar-refractivity contribution in [3.05, 3.63) is 24.2 Å². The van der Waals surface area contributed by atoms with Gasteiger partial charge in [-0.05, 0) is 39.8 Å². The summed E-state index contributed by atoms with van der Waals surface area (Å²) in [6, 6.07) is 5.24. The summed E-state index contributed by atoms with van der Waals surface area (Å²) in [4.78, 5) is 41.2. The number of carboxylic acids is 2. The number of hydrogen-bond acceptors (Lipinski definition) is 9. The summed E-state index contributed by atoms with van der Waals surface area (Å²) in [6.45, 7) is 8.63. The Morgan fingerprint density at radius 1 is 1.22 bits per heavy atom. The van der Waals surface area contributed by atoms with Crippen LogP contribution in [0, 0.1) is 39.9 Å². The molecule has 0 radical (unpaired) electrons. The fraction of sp³-hybridized carbons (Fsp3) is 0.583. The maximum atomic E-state index is 12.6. The maximum Gasteiger partial charge on any atom is 0.309 e. The molecule has 0 unspecified atom stereocenters. The Kier molecular flexibility index (Phi) is 8.31. The fourth-order valence-electron chi connectivity index (χ4n) is 5.04. The second kappa shape index (κ2) is 10.3. The molecule has 202 valence electrons. The molecule has 0 bridgehead atoms. The number of aromatic nitrogens is 3. The molecule has 13 heteroatoms. The molecule has 0 amide bonds. The highest BCUT2D eigenvalue weighted by Crippen LogP contribution is 2.59. The number of nitrogens with zero attached hydrogens (tertiary/aromatic N) is 4. The van der Waals surface area contributed by atoms with Crippen molar-refractivity contribution >= 4 is 46.2 Å². The normalized spacial score (nSPS) is 23.9. The molecule has 1 saturated heterocycles. The van der Waals surface area contributed by atoms with Crippen LogP contribution >= 0.6 is 17.0 Å². The summed E-state index contributed by atoms with van der Waals surface area (Å²) >= 11 is 0. The number of nitrogen functional groups attached to an aromatic ring is 1. The number of carbonyl (C=O) groups is 3. The molecule has 3 rings (SSSR count). The van der Waals surface area contributed by atoms with E-state index in [1.807, 2.05) is 0 Å². The number of anilines is 1. The largest absolute Gasteiger partial charge is 0.481 e. The molecule has 4 atom stereocenters. The van der Waals surface area contributed by atoms with Gasteiger partial charge in [0.2, 0.25) is 5.60 Å². The Morgan fingerprint density at radius 3 is 2.32 bits per heavy atom. The number of aliphatic carboxylic acids is 2. The highest BCUT2D eigenvalue weighted by molar-refractivity contribution is 8.93. The van der Waals surface area contributed by atoms with Gasteiger partial charge in [0.25, 0.3) is 0 Å². The first kappa shape index (κ1) is 30.0. The molecular formula is C24H32BrN5O7. The first-order chi connectivity index (χ1) is 16.6. The van der Waals surface area contributed by atoms with Gasteiger partial charge >= 0.3 is 17.9 Å². The molecule has 0 aromatic carbocycles. The van der Waals surface area contributed by atoms with Gasteiger partial charge in [0.05, 0.1) is 28.5 Å². The third-order valence-electron chi connectivity index (χ3n) is 7.14. The minimum Gasteiger partial charge on any atom is -0.481 e. The van der Waals surface area contributed by atoms with Gasteiger partial charge in [0, 0.05) is 11.8 Å². The Bertz CT molecular complexity index is 1250. The van der Waals surface area contributed by atoms with E-state index in [0.29, 0.717) is 5.52 Å². The van der Waals surface area contributed by atoms with Crippen molar-refractivity contribution in [3.8, 4) is 6.07 Å². The number of carboxylic acid groups (broad SMARTS) is 2. The number of esters is 1. The fourth-order valence-corrected chi connectivity index (χ4v) is 5.04. The lowest BCUT2D eigenvalue weighted by Gasteiger charge is -2.42. The van der Waals surface area contributed by atoms with Crippen LogP contribution in [0.4, 0.5) is 5.82 Å². The zero-order valence-corrected chi connectivity index (χ0v) is 23.2. The Balaban J connectivity index is 0.00000481. The van der Waals surface area contributed by atoms with Crippen LogP contribution in [0.3, 0.4) is 0 Å². The molecular weight excluding hydrogens is 550 g/mol. The second-order valence-corrected chi connectivity index (χ2v) is 10.5. The lowest BCUT2D eigenvalue weighted by Crippen LogP contribution is -2.52. The lowest BCUT2D eigenvalue weighted by atomic mass is 9.57. The number of fused-ring (bicyclic) bond motifs is 1. The van der Waals surface area contributed by atoms with E-state index in [4.69, 9.17) is 15.2 Å². The predicted molar refractivity (Wildman–Crippen MR) is 135 cm³/mol. The first-order valence-electron chi connectivity index (χ1n) is 11.4. The van der Waals surface area contributed by atoms with E-state index in [9.17, 15) is 29.9 Å². The first-order valence-corrected chi connectivity index (χ1v) is 11.4. The van der Waals surface area contributed by atoms with Crippen molar-refractivity contribution in [2.45, 2.75) is 53.2 Å². The topological polar surface area (TPSA) is 190 Å². The number of rotatable bonds is 8. The van der Waals surface area contributed by atoms with Gasteiger partial charge in [-0.25, -0.2) is 9.50 Å². The molecule has 1 aliphatic rings. The molecule has 2 aromatic rings. The van der Waals surface area contributed by atoms with Gasteiger partial charge in [-0.2, -0.15) is 10.4 Å². The van der Waals surface area contributed by atoms with Gasteiger partial charge in [-0.15, -0.1) is 17.0 Å². The molecule has 0 aliphatic carbocycles. The number of nitrogens with two attached hydrogens (primary N) is 1. The van der Waals surface area contributed by atoms with Crippen molar-refractivity contribution < 1.29 is 34.1 Å². The molecule has 1 aliphatic heterocycles. The molecule has 12 nitrogen and oxygen atoms in total. The van der Waals surface area contributed by atoms with E-state index in [-0.39, 0.29) is 35.1 Å². The number of ether oxygens (including phenoxy) is 2. The van der Waals surface area contributed by atoms with Crippen molar-refractivity contribution in [1.29, 1.82) is 5.26 Å². The Labute approximate surface area is 224 Å². The van der Waals surface area contributed by atoms with Gasteiger partial charge in [0.15, 0.2) is 5.82 Å². The Hall–Kier alpha value is -3.24. The van der Waals surface area contributed by atoms with Crippen LogP contribution < -0.4 is 5.73 Å². The molecule has 0 spiro atoms. The SMILES string of the molecule is Br.CC(C)C(=O)OC[C@@H]1O[C@@](C#N)(c2ccc3c(N)ncnn23)[C@@H](C(C)(C)C(=O)O)[C@@H]1C(C)(C)C(=O)O. The number of carbonyl (C=O) groups excluding carboxylic acids is 1. The van der Waals surface area contributed by atoms with Crippen molar-refractivity contribution in [1.82, 2.24) is 14.6 Å². The summed E-state index contributed by atoms with van der Waals surface area (Å²) < 4.78 is 13.1. The summed E-state index contributed by atoms with van der Waals surface area (Å²) in [5.74, 6) is -5.62. The molecule has 1 fully saturated rings.